The van der Waals surface area contributed by atoms with Crippen molar-refractivity contribution < 1.29 is 14.3 Å². The Bertz CT molecular complexity index is 554. The number of aromatic nitrogens is 1. The minimum Gasteiger partial charge on any atom is -0.423 e. The van der Waals surface area contributed by atoms with Crippen LogP contribution in [0.15, 0.2) is 22.6 Å². The molecule has 3 rings (SSSR count). The van der Waals surface area contributed by atoms with Crippen molar-refractivity contribution in [2.45, 2.75) is 6.10 Å². The predicted molar refractivity (Wildman–Crippen MR) is 67.5 cm³/mol. The van der Waals surface area contributed by atoms with Crippen LogP contribution in [0.3, 0.4) is 0 Å². The van der Waals surface area contributed by atoms with E-state index in [9.17, 15) is 0 Å². The third-order valence-electron chi connectivity index (χ3n) is 3.01. The zero-order valence-electron chi connectivity index (χ0n) is 9.87. The number of oxazole rings is 1. The Morgan fingerprint density at radius 1 is 1.50 bits per heavy atom. The Labute approximate surface area is 104 Å². The molecule has 0 bridgehead atoms. The van der Waals surface area contributed by atoms with Gasteiger partial charge in [-0.1, -0.05) is 0 Å². The van der Waals surface area contributed by atoms with Crippen LogP contribution >= 0.6 is 0 Å². The fourth-order valence-electron chi connectivity index (χ4n) is 2.07. The van der Waals surface area contributed by atoms with Gasteiger partial charge in [-0.05, 0) is 18.2 Å². The lowest BCUT2D eigenvalue weighted by Crippen LogP contribution is -2.44. The molecule has 0 aliphatic carbocycles. The summed E-state index contributed by atoms with van der Waals surface area (Å²) in [5, 5.41) is 9.11. The molecule has 96 valence electrons. The highest BCUT2D eigenvalue weighted by Gasteiger charge is 2.23. The number of nitrogens with zero attached hydrogens (tertiary/aromatic N) is 2. The summed E-state index contributed by atoms with van der Waals surface area (Å²) in [5.41, 5.74) is 7.83. The lowest BCUT2D eigenvalue weighted by molar-refractivity contribution is 0.00236. The van der Waals surface area contributed by atoms with E-state index in [0.717, 1.165) is 5.52 Å². The number of morpholine rings is 1. The third-order valence-corrected chi connectivity index (χ3v) is 3.01. The monoisotopic (exact) mass is 249 g/mol. The molecule has 2 heterocycles. The molecule has 1 fully saturated rings. The van der Waals surface area contributed by atoms with Crippen LogP contribution in [0.1, 0.15) is 0 Å². The van der Waals surface area contributed by atoms with Gasteiger partial charge in [-0.3, -0.25) is 0 Å². The van der Waals surface area contributed by atoms with Gasteiger partial charge in [0.1, 0.15) is 5.52 Å². The minimum atomic E-state index is -0.182. The van der Waals surface area contributed by atoms with Crippen molar-refractivity contribution in [2.24, 2.45) is 0 Å². The number of nitrogen functional groups attached to an aromatic ring is 1. The molecule has 1 aliphatic rings. The van der Waals surface area contributed by atoms with E-state index in [-0.39, 0.29) is 12.7 Å². The molecular weight excluding hydrogens is 234 g/mol. The van der Waals surface area contributed by atoms with Crippen LogP contribution in [0.5, 0.6) is 0 Å². The number of fused-ring (bicyclic) bond motifs is 1. The van der Waals surface area contributed by atoms with Gasteiger partial charge < -0.3 is 24.9 Å². The Morgan fingerprint density at radius 2 is 2.39 bits per heavy atom. The van der Waals surface area contributed by atoms with E-state index >= 15 is 0 Å². The highest BCUT2D eigenvalue weighted by molar-refractivity contribution is 5.78. The van der Waals surface area contributed by atoms with Crippen LogP contribution in [-0.4, -0.2) is 42.5 Å². The maximum Gasteiger partial charge on any atom is 0.298 e. The quantitative estimate of drug-likeness (QED) is 0.758. The van der Waals surface area contributed by atoms with Gasteiger partial charge in [-0.15, -0.1) is 0 Å². The van der Waals surface area contributed by atoms with Crippen molar-refractivity contribution >= 4 is 22.8 Å². The third kappa shape index (κ3) is 2.00. The average Bonchev–Trinajstić information content (AvgIpc) is 2.81. The maximum atomic E-state index is 9.11. The van der Waals surface area contributed by atoms with Crippen LogP contribution in [0, 0.1) is 0 Å². The van der Waals surface area contributed by atoms with Crippen molar-refractivity contribution in [3.05, 3.63) is 18.2 Å². The van der Waals surface area contributed by atoms with E-state index in [1.807, 2.05) is 11.0 Å². The van der Waals surface area contributed by atoms with Gasteiger partial charge in [-0.25, -0.2) is 0 Å². The molecule has 2 aromatic rings. The van der Waals surface area contributed by atoms with Crippen molar-refractivity contribution in [1.82, 2.24) is 4.98 Å². The number of hydrogen-bond donors (Lipinski definition) is 2. The van der Waals surface area contributed by atoms with Crippen molar-refractivity contribution in [3.63, 3.8) is 0 Å². The first-order valence-corrected chi connectivity index (χ1v) is 5.90. The molecule has 1 aliphatic heterocycles. The van der Waals surface area contributed by atoms with E-state index in [0.29, 0.717) is 37.0 Å². The molecule has 1 atom stereocenters. The Morgan fingerprint density at radius 3 is 3.22 bits per heavy atom. The van der Waals surface area contributed by atoms with Gasteiger partial charge >= 0.3 is 0 Å². The van der Waals surface area contributed by atoms with E-state index < -0.39 is 0 Å². The van der Waals surface area contributed by atoms with Gasteiger partial charge in [0.25, 0.3) is 6.01 Å². The SMILES string of the molecule is Nc1ccc2oc(N3CCOC(CO)C3)nc2c1. The summed E-state index contributed by atoms with van der Waals surface area (Å²) in [7, 11) is 0. The van der Waals surface area contributed by atoms with E-state index in [2.05, 4.69) is 4.98 Å². The molecule has 0 saturated carbocycles. The number of hydrogen-bond acceptors (Lipinski definition) is 6. The summed E-state index contributed by atoms with van der Waals surface area (Å²) in [6.07, 6.45) is -0.182. The Balaban J connectivity index is 1.89. The molecule has 0 radical (unpaired) electrons. The summed E-state index contributed by atoms with van der Waals surface area (Å²) < 4.78 is 11.1. The van der Waals surface area contributed by atoms with Crippen LogP contribution in [0.2, 0.25) is 0 Å². The fourth-order valence-corrected chi connectivity index (χ4v) is 2.07. The van der Waals surface area contributed by atoms with E-state index in [4.69, 9.17) is 20.0 Å². The number of anilines is 2. The molecule has 1 saturated heterocycles. The number of rotatable bonds is 2. The molecule has 1 aromatic carbocycles. The van der Waals surface area contributed by atoms with Gasteiger partial charge in [0, 0.05) is 12.2 Å². The van der Waals surface area contributed by atoms with Crippen molar-refractivity contribution in [1.29, 1.82) is 0 Å². The predicted octanol–water partition coefficient (Wildman–Crippen LogP) is 0.607. The zero-order valence-corrected chi connectivity index (χ0v) is 9.87. The van der Waals surface area contributed by atoms with Gasteiger partial charge in [0.2, 0.25) is 0 Å². The number of benzene rings is 1. The van der Waals surface area contributed by atoms with Crippen molar-refractivity contribution in [2.75, 3.05) is 36.9 Å². The molecule has 0 amide bonds. The first-order valence-electron chi connectivity index (χ1n) is 5.90. The van der Waals surface area contributed by atoms with E-state index in [1.165, 1.54) is 0 Å². The Kier molecular flexibility index (Phi) is 2.81. The van der Waals surface area contributed by atoms with Crippen LogP contribution in [-0.2, 0) is 4.74 Å². The molecule has 3 N–H and O–H groups in total. The number of nitrogens with two attached hydrogens (primary N) is 1. The molecule has 6 nitrogen and oxygen atoms in total. The van der Waals surface area contributed by atoms with E-state index in [1.54, 1.807) is 12.1 Å². The minimum absolute atomic E-state index is 0.00365. The molecule has 1 unspecified atom stereocenters. The first-order chi connectivity index (χ1) is 8.76. The van der Waals surface area contributed by atoms with Crippen LogP contribution in [0.4, 0.5) is 11.7 Å². The van der Waals surface area contributed by atoms with Crippen LogP contribution in [0.25, 0.3) is 11.1 Å². The van der Waals surface area contributed by atoms with Crippen LogP contribution < -0.4 is 10.6 Å². The molecule has 18 heavy (non-hydrogen) atoms. The normalized spacial score (nSPS) is 20.5. The second kappa shape index (κ2) is 4.47. The average molecular weight is 249 g/mol. The molecular formula is C12H15N3O3. The second-order valence-electron chi connectivity index (χ2n) is 4.34. The summed E-state index contributed by atoms with van der Waals surface area (Å²) >= 11 is 0. The second-order valence-corrected chi connectivity index (χ2v) is 4.34. The van der Waals surface area contributed by atoms with Crippen molar-refractivity contribution in [3.8, 4) is 0 Å². The first kappa shape index (κ1) is 11.3. The lowest BCUT2D eigenvalue weighted by Gasteiger charge is -2.30. The largest absolute Gasteiger partial charge is 0.423 e. The topological polar surface area (TPSA) is 84.8 Å². The Hall–Kier alpha value is -1.79. The summed E-state index contributed by atoms with van der Waals surface area (Å²) in [5.74, 6) is 0. The summed E-state index contributed by atoms with van der Waals surface area (Å²) in [6.45, 7) is 1.85. The highest BCUT2D eigenvalue weighted by Crippen LogP contribution is 2.24. The standard InChI is InChI=1S/C12H15N3O3/c13-8-1-2-11-10(5-8)14-12(18-11)15-3-4-17-9(6-15)7-16/h1-2,5,9,16H,3-4,6-7,13H2. The number of ether oxygens (including phenoxy) is 1. The molecule has 1 aromatic heterocycles. The summed E-state index contributed by atoms with van der Waals surface area (Å²) in [6, 6.07) is 5.93. The molecule has 6 heteroatoms. The van der Waals surface area contributed by atoms with Gasteiger partial charge in [0.15, 0.2) is 5.58 Å². The fraction of sp³-hybridized carbons (Fsp3) is 0.417. The number of aliphatic hydroxyl groups is 1. The highest BCUT2D eigenvalue weighted by atomic mass is 16.5. The molecule has 0 spiro atoms. The smallest absolute Gasteiger partial charge is 0.298 e. The maximum absolute atomic E-state index is 9.11. The summed E-state index contributed by atoms with van der Waals surface area (Å²) in [4.78, 5) is 6.38. The zero-order chi connectivity index (χ0) is 12.5. The van der Waals surface area contributed by atoms with Gasteiger partial charge in [-0.2, -0.15) is 4.98 Å². The lowest BCUT2D eigenvalue weighted by atomic mass is 10.3. The van der Waals surface area contributed by atoms with Gasteiger partial charge in [0.05, 0.1) is 25.9 Å². The number of aliphatic hydroxyl groups excluding tert-OH is 1.